The number of carbonyl (C=O) groups excluding carboxylic acids is 1. The Hall–Kier alpha value is -0.380. The van der Waals surface area contributed by atoms with E-state index in [4.69, 9.17) is 5.73 Å². The van der Waals surface area contributed by atoms with Crippen molar-refractivity contribution in [3.63, 3.8) is 0 Å². The van der Waals surface area contributed by atoms with Gasteiger partial charge in [0, 0.05) is 29.2 Å². The molecule has 74 valence electrons. The summed E-state index contributed by atoms with van der Waals surface area (Å²) >= 11 is 0. The highest BCUT2D eigenvalue weighted by Gasteiger charge is 2.07. The van der Waals surface area contributed by atoms with Crippen LogP contribution >= 0.6 is 0 Å². The van der Waals surface area contributed by atoms with E-state index in [2.05, 4.69) is 0 Å². The zero-order chi connectivity index (χ0) is 10.1. The molecule has 0 atom stereocenters. The summed E-state index contributed by atoms with van der Waals surface area (Å²) in [5, 5.41) is 0. The summed E-state index contributed by atoms with van der Waals surface area (Å²) in [6.07, 6.45) is 5.01. The summed E-state index contributed by atoms with van der Waals surface area (Å²) < 4.78 is 9.56. The van der Waals surface area contributed by atoms with Gasteiger partial charge < -0.3 is 5.73 Å². The van der Waals surface area contributed by atoms with Gasteiger partial charge in [-0.2, -0.15) is 0 Å². The van der Waals surface area contributed by atoms with Crippen LogP contribution in [0.1, 0.15) is 26.7 Å². The quantitative estimate of drug-likeness (QED) is 0.724. The van der Waals surface area contributed by atoms with Gasteiger partial charge in [-0.1, -0.05) is 13.8 Å². The second kappa shape index (κ2) is 8.71. The van der Waals surface area contributed by atoms with Crippen LogP contribution in [0.25, 0.3) is 0 Å². The molecule has 0 radical (unpaired) electrons. The van der Waals surface area contributed by atoms with Gasteiger partial charge in [-0.3, -0.25) is 9.00 Å². The molecule has 2 N–H and O–H groups in total. The van der Waals surface area contributed by atoms with Crippen LogP contribution in [0.4, 0.5) is 0 Å². The molecular formula is C8H19NO2S. The molecule has 0 saturated heterocycles. The second-order valence-electron chi connectivity index (χ2n) is 2.66. The zero-order valence-electron chi connectivity index (χ0n) is 8.29. The zero-order valence-corrected chi connectivity index (χ0v) is 9.11. The molecule has 0 heterocycles. The normalized spacial score (nSPS) is 9.50. The van der Waals surface area contributed by atoms with Gasteiger partial charge in [0.1, 0.15) is 0 Å². The Labute approximate surface area is 77.2 Å². The van der Waals surface area contributed by atoms with Crippen molar-refractivity contribution >= 4 is 16.7 Å². The van der Waals surface area contributed by atoms with E-state index >= 15 is 0 Å². The van der Waals surface area contributed by atoms with E-state index in [1.165, 1.54) is 0 Å². The summed E-state index contributed by atoms with van der Waals surface area (Å²) in [4.78, 5) is 10.4. The predicted molar refractivity (Wildman–Crippen MR) is 53.3 cm³/mol. The summed E-state index contributed by atoms with van der Waals surface area (Å²) in [7, 11) is -0.611. The van der Waals surface area contributed by atoms with Crippen molar-refractivity contribution in [3.05, 3.63) is 0 Å². The first-order chi connectivity index (χ1) is 5.45. The average molecular weight is 193 g/mol. The van der Waals surface area contributed by atoms with Crippen molar-refractivity contribution in [3.8, 4) is 0 Å². The van der Waals surface area contributed by atoms with Gasteiger partial charge in [-0.05, 0) is 12.8 Å². The summed E-state index contributed by atoms with van der Waals surface area (Å²) in [5.74, 6) is -0.0787. The van der Waals surface area contributed by atoms with Crippen LogP contribution in [0.5, 0.6) is 0 Å². The van der Waals surface area contributed by atoms with Gasteiger partial charge in [0.15, 0.2) is 0 Å². The molecule has 0 aliphatic carbocycles. The van der Waals surface area contributed by atoms with E-state index in [0.29, 0.717) is 0 Å². The summed E-state index contributed by atoms with van der Waals surface area (Å²) in [6.45, 7) is 3.94. The van der Waals surface area contributed by atoms with E-state index in [-0.39, 0.29) is 11.8 Å². The van der Waals surface area contributed by atoms with Crippen molar-refractivity contribution in [2.75, 3.05) is 12.5 Å². The Balaban J connectivity index is 0. The Morgan fingerprint density at radius 2 is 1.58 bits per heavy atom. The Morgan fingerprint density at radius 1 is 1.33 bits per heavy atom. The lowest BCUT2D eigenvalue weighted by Crippen LogP contribution is -2.21. The first kappa shape index (κ1) is 14.2. The van der Waals surface area contributed by atoms with Crippen molar-refractivity contribution in [1.82, 2.24) is 0 Å². The highest BCUT2D eigenvalue weighted by Crippen LogP contribution is 2.04. The Morgan fingerprint density at radius 3 is 1.58 bits per heavy atom. The number of primary amides is 1. The molecule has 0 aromatic rings. The second-order valence-corrected chi connectivity index (χ2v) is 4.14. The molecule has 0 saturated carbocycles. The fourth-order valence-corrected chi connectivity index (χ4v) is 0.691. The van der Waals surface area contributed by atoms with Crippen LogP contribution in [0, 0.1) is 5.92 Å². The molecule has 4 heteroatoms. The maximum atomic E-state index is 10.4. The van der Waals surface area contributed by atoms with E-state index < -0.39 is 10.8 Å². The van der Waals surface area contributed by atoms with Crippen molar-refractivity contribution in [2.45, 2.75) is 26.7 Å². The van der Waals surface area contributed by atoms with Crippen LogP contribution in [0.2, 0.25) is 0 Å². The van der Waals surface area contributed by atoms with Gasteiger partial charge >= 0.3 is 0 Å². The SMILES string of the molecule is CCC(CC)C(N)=O.CS(C)=O. The fraction of sp³-hybridized carbons (Fsp3) is 0.875. The Bertz CT molecular complexity index is 140. The van der Waals surface area contributed by atoms with Gasteiger partial charge in [-0.25, -0.2) is 0 Å². The summed E-state index contributed by atoms with van der Waals surface area (Å²) in [6, 6.07) is 0. The van der Waals surface area contributed by atoms with E-state index in [1.54, 1.807) is 12.5 Å². The van der Waals surface area contributed by atoms with Crippen LogP contribution < -0.4 is 5.73 Å². The van der Waals surface area contributed by atoms with E-state index in [1.807, 2.05) is 13.8 Å². The number of hydrogen-bond acceptors (Lipinski definition) is 2. The molecule has 3 nitrogen and oxygen atoms in total. The standard InChI is InChI=1S/C6H13NO.C2H6OS/c1-3-5(4-2)6(7)8;1-4(2)3/h5H,3-4H2,1-2H3,(H2,7,8);1-2H3. The fourth-order valence-electron chi connectivity index (χ4n) is 0.691. The monoisotopic (exact) mass is 193 g/mol. The average Bonchev–Trinajstić information content (AvgIpc) is 1.87. The molecule has 0 spiro atoms. The molecule has 0 unspecified atom stereocenters. The lowest BCUT2D eigenvalue weighted by molar-refractivity contribution is -0.121. The van der Waals surface area contributed by atoms with Gasteiger partial charge in [0.05, 0.1) is 0 Å². The van der Waals surface area contributed by atoms with Gasteiger partial charge in [-0.15, -0.1) is 0 Å². The van der Waals surface area contributed by atoms with Crippen molar-refractivity contribution in [1.29, 1.82) is 0 Å². The molecule has 0 rings (SSSR count). The van der Waals surface area contributed by atoms with E-state index in [9.17, 15) is 9.00 Å². The lowest BCUT2D eigenvalue weighted by Gasteiger charge is -2.04. The van der Waals surface area contributed by atoms with Crippen molar-refractivity contribution < 1.29 is 9.00 Å². The van der Waals surface area contributed by atoms with Gasteiger partial charge in [0.2, 0.25) is 5.91 Å². The van der Waals surface area contributed by atoms with Crippen LogP contribution in [0.15, 0.2) is 0 Å². The van der Waals surface area contributed by atoms with Crippen molar-refractivity contribution in [2.24, 2.45) is 11.7 Å². The topological polar surface area (TPSA) is 60.2 Å². The molecule has 1 amide bonds. The molecule has 0 fully saturated rings. The van der Waals surface area contributed by atoms with Gasteiger partial charge in [0.25, 0.3) is 0 Å². The third-order valence-corrected chi connectivity index (χ3v) is 1.39. The third kappa shape index (κ3) is 12.3. The molecule has 12 heavy (non-hydrogen) atoms. The molecular weight excluding hydrogens is 174 g/mol. The number of carbonyl (C=O) groups is 1. The molecule has 0 aliphatic rings. The smallest absolute Gasteiger partial charge is 0.220 e. The van der Waals surface area contributed by atoms with Crippen LogP contribution in [-0.4, -0.2) is 22.6 Å². The Kier molecular flexibility index (Phi) is 10.3. The van der Waals surface area contributed by atoms with Crippen LogP contribution in [0.3, 0.4) is 0 Å². The lowest BCUT2D eigenvalue weighted by atomic mass is 10.0. The van der Waals surface area contributed by atoms with E-state index in [0.717, 1.165) is 12.8 Å². The number of hydrogen-bond donors (Lipinski definition) is 1. The number of nitrogens with two attached hydrogens (primary N) is 1. The molecule has 0 aromatic carbocycles. The summed E-state index contributed by atoms with van der Waals surface area (Å²) in [5.41, 5.74) is 5.02. The third-order valence-electron chi connectivity index (χ3n) is 1.39. The minimum absolute atomic E-state index is 0.0926. The number of rotatable bonds is 3. The molecule has 0 bridgehead atoms. The predicted octanol–water partition coefficient (Wildman–Crippen LogP) is 0.903. The highest BCUT2D eigenvalue weighted by molar-refractivity contribution is 7.83. The number of amides is 1. The first-order valence-electron chi connectivity index (χ1n) is 4.00. The molecule has 0 aliphatic heterocycles. The highest BCUT2D eigenvalue weighted by atomic mass is 32.2. The largest absolute Gasteiger partial charge is 0.369 e. The maximum Gasteiger partial charge on any atom is 0.220 e. The van der Waals surface area contributed by atoms with Crippen LogP contribution in [-0.2, 0) is 15.6 Å². The molecule has 0 aromatic heterocycles. The minimum atomic E-state index is -0.611. The first-order valence-corrected chi connectivity index (χ1v) is 5.96. The minimum Gasteiger partial charge on any atom is -0.369 e. The maximum absolute atomic E-state index is 10.4.